The van der Waals surface area contributed by atoms with E-state index in [1.165, 1.54) is 16.8 Å². The van der Waals surface area contributed by atoms with Crippen LogP contribution in [0.1, 0.15) is 19.4 Å². The van der Waals surface area contributed by atoms with Gasteiger partial charge in [-0.05, 0) is 44.2 Å². The number of hydrogen-bond acceptors (Lipinski definition) is 6. The van der Waals surface area contributed by atoms with Gasteiger partial charge in [-0.25, -0.2) is 9.80 Å². The molecule has 2 aromatic carbocycles. The maximum absolute atomic E-state index is 12.7. The number of amides is 2. The van der Waals surface area contributed by atoms with E-state index < -0.39 is 16.9 Å². The molecule has 158 valence electrons. The summed E-state index contributed by atoms with van der Waals surface area (Å²) in [5, 5.41) is 20.3. The molecule has 30 heavy (non-hydrogen) atoms. The van der Waals surface area contributed by atoms with E-state index in [2.05, 4.69) is 10.4 Å². The number of rotatable bonds is 5. The van der Waals surface area contributed by atoms with Gasteiger partial charge in [-0.1, -0.05) is 53.8 Å². The second-order valence-corrected chi connectivity index (χ2v) is 9.69. The molecule has 2 aromatic rings. The topological polar surface area (TPSA) is 77.4 Å². The molecule has 2 amide bonds. The molecule has 0 spiro atoms. The Kier molecular flexibility index (Phi) is 6.87. The van der Waals surface area contributed by atoms with Crippen molar-refractivity contribution >= 4 is 57.8 Å². The first-order chi connectivity index (χ1) is 14.2. The fourth-order valence-electron chi connectivity index (χ4n) is 2.98. The van der Waals surface area contributed by atoms with Gasteiger partial charge in [-0.15, -0.1) is 0 Å². The van der Waals surface area contributed by atoms with Crippen molar-refractivity contribution in [2.75, 3.05) is 12.4 Å². The number of ether oxygens (including phenoxy) is 1. The van der Waals surface area contributed by atoms with Gasteiger partial charge in [0.05, 0.1) is 18.1 Å². The number of hydrazone groups is 1. The zero-order chi connectivity index (χ0) is 21.9. The largest absolute Gasteiger partial charge is 0.496 e. The molecule has 10 heteroatoms. The van der Waals surface area contributed by atoms with E-state index in [1.807, 2.05) is 38.1 Å². The van der Waals surface area contributed by atoms with Gasteiger partial charge in [0.2, 0.25) is 0 Å². The summed E-state index contributed by atoms with van der Waals surface area (Å²) in [7, 11) is 1.57. The molecule has 1 atom stereocenters. The van der Waals surface area contributed by atoms with Crippen molar-refractivity contribution in [3.63, 3.8) is 0 Å². The summed E-state index contributed by atoms with van der Waals surface area (Å²) in [6.45, 7) is 3.76. The number of benzene rings is 2. The molecule has 1 heterocycles. The molecule has 0 saturated carbocycles. The molecule has 0 aromatic heterocycles. The molecule has 1 aliphatic heterocycles. The van der Waals surface area contributed by atoms with Gasteiger partial charge in [0.25, 0.3) is 0 Å². The van der Waals surface area contributed by atoms with Crippen molar-refractivity contribution in [3.05, 3.63) is 59.1 Å². The molecule has 0 bridgehead atoms. The van der Waals surface area contributed by atoms with Crippen molar-refractivity contribution in [2.24, 2.45) is 5.10 Å². The normalized spacial score (nSPS) is 18.0. The Labute approximate surface area is 189 Å². The molecule has 0 radical (unpaired) electrons. The highest BCUT2D eigenvalue weighted by atomic mass is 35.5. The molecule has 7 nitrogen and oxygen atoms in total. The molecule has 1 fully saturated rings. The quantitative estimate of drug-likeness (QED) is 0.279. The molecule has 0 unspecified atom stereocenters. The number of carbonyl (C=O) groups excluding carboxylic acids is 1. The number of nitrogens with zero attached hydrogens (tertiary/aromatic N) is 3. The number of urea groups is 1. The summed E-state index contributed by atoms with van der Waals surface area (Å²) < 4.78 is 5.15. The lowest BCUT2D eigenvalue weighted by molar-refractivity contribution is -0.114. The zero-order valence-electron chi connectivity index (χ0n) is 16.6. The van der Waals surface area contributed by atoms with E-state index in [4.69, 9.17) is 28.6 Å². The van der Waals surface area contributed by atoms with Gasteiger partial charge in [-0.3, -0.25) is 5.21 Å². The Morgan fingerprint density at radius 3 is 2.80 bits per heavy atom. The van der Waals surface area contributed by atoms with Gasteiger partial charge in [0.1, 0.15) is 5.75 Å². The lowest BCUT2D eigenvalue weighted by atomic mass is 10.1. The third kappa shape index (κ3) is 4.86. The first-order valence-electron chi connectivity index (χ1n) is 8.97. The smallest absolute Gasteiger partial charge is 0.347 e. The number of nitrogens with one attached hydrogen (secondary N) is 1. The minimum absolute atomic E-state index is 0.436. The number of hydrogen-bond donors (Lipinski definition) is 2. The minimum atomic E-state index is -0.833. The van der Waals surface area contributed by atoms with Crippen LogP contribution < -0.4 is 10.1 Å². The third-order valence-electron chi connectivity index (χ3n) is 4.37. The lowest BCUT2D eigenvalue weighted by Crippen LogP contribution is -2.54. The summed E-state index contributed by atoms with van der Waals surface area (Å²) in [5.41, 5.74) is 1.20. The number of para-hydroxylation sites is 1. The van der Waals surface area contributed by atoms with E-state index in [9.17, 15) is 10.0 Å². The molecule has 0 aliphatic carbocycles. The summed E-state index contributed by atoms with van der Waals surface area (Å²) >= 11 is 12.8. The van der Waals surface area contributed by atoms with Crippen LogP contribution >= 0.6 is 35.6 Å². The molecular weight excluding hydrogens is 444 g/mol. The van der Waals surface area contributed by atoms with Crippen molar-refractivity contribution in [1.29, 1.82) is 0 Å². The number of hydroxylamine groups is 2. The summed E-state index contributed by atoms with van der Waals surface area (Å²) in [6, 6.07) is 13.3. The highest BCUT2D eigenvalue weighted by molar-refractivity contribution is 8.24. The number of thioether (sulfide) groups is 1. The van der Waals surface area contributed by atoms with Crippen LogP contribution in [-0.4, -0.2) is 49.9 Å². The van der Waals surface area contributed by atoms with Gasteiger partial charge >= 0.3 is 6.03 Å². The van der Waals surface area contributed by atoms with Crippen LogP contribution in [0.2, 0.25) is 5.02 Å². The predicted molar refractivity (Wildman–Crippen MR) is 125 cm³/mol. The molecule has 2 N–H and O–H groups in total. The van der Waals surface area contributed by atoms with Crippen molar-refractivity contribution in [3.8, 4) is 5.75 Å². The van der Waals surface area contributed by atoms with Gasteiger partial charge < -0.3 is 10.1 Å². The van der Waals surface area contributed by atoms with Gasteiger partial charge in [-0.2, -0.15) is 10.2 Å². The van der Waals surface area contributed by atoms with Crippen LogP contribution in [0.25, 0.3) is 0 Å². The summed E-state index contributed by atoms with van der Waals surface area (Å²) in [4.78, 5) is 12.7. The Morgan fingerprint density at radius 1 is 1.37 bits per heavy atom. The third-order valence-corrected chi connectivity index (χ3v) is 6.14. The molecule has 1 aliphatic rings. The highest BCUT2D eigenvalue weighted by Crippen LogP contribution is 2.42. The first-order valence-corrected chi connectivity index (χ1v) is 10.6. The zero-order valence-corrected chi connectivity index (χ0v) is 19.0. The molecular formula is C20H21ClN4O3S2. The average molecular weight is 465 g/mol. The number of carbonyl (C=O) groups is 1. The van der Waals surface area contributed by atoms with Crippen molar-refractivity contribution in [1.82, 2.24) is 10.1 Å². The van der Waals surface area contributed by atoms with Gasteiger partial charge in [0, 0.05) is 16.3 Å². The minimum Gasteiger partial charge on any atom is -0.496 e. The fourth-order valence-corrected chi connectivity index (χ4v) is 4.96. The average Bonchev–Trinajstić information content (AvgIpc) is 2.93. The standard InChI is InChI=1S/C20H21ClN4O3S2/c1-20(2)17(25(27)18(26)23-15-9-6-8-14(21)11-15)24(19(29)30-20)22-12-13-7-4-5-10-16(13)28-3/h4-12,17,27H,1-3H3,(H,23,26)/b22-12-/t17-/m0/s1. The highest BCUT2D eigenvalue weighted by Gasteiger charge is 2.50. The van der Waals surface area contributed by atoms with Crippen LogP contribution in [0.3, 0.4) is 0 Å². The Bertz CT molecular complexity index is 986. The van der Waals surface area contributed by atoms with E-state index in [0.717, 1.165) is 5.56 Å². The van der Waals surface area contributed by atoms with Crippen LogP contribution in [0.5, 0.6) is 5.75 Å². The first kappa shape index (κ1) is 22.4. The second-order valence-electron chi connectivity index (χ2n) is 6.96. The summed E-state index contributed by atoms with van der Waals surface area (Å²) in [6.07, 6.45) is 0.753. The Balaban J connectivity index is 1.84. The van der Waals surface area contributed by atoms with Crippen LogP contribution in [-0.2, 0) is 0 Å². The second kappa shape index (κ2) is 9.22. The number of halogens is 1. The van der Waals surface area contributed by atoms with Crippen molar-refractivity contribution < 1.29 is 14.7 Å². The van der Waals surface area contributed by atoms with E-state index in [-0.39, 0.29) is 0 Å². The lowest BCUT2D eigenvalue weighted by Gasteiger charge is -2.34. The van der Waals surface area contributed by atoms with Gasteiger partial charge in [0.15, 0.2) is 10.5 Å². The number of anilines is 1. The van der Waals surface area contributed by atoms with Crippen molar-refractivity contribution in [2.45, 2.75) is 24.8 Å². The van der Waals surface area contributed by atoms with Crippen LogP contribution in [0, 0.1) is 0 Å². The van der Waals surface area contributed by atoms with Crippen LogP contribution in [0.15, 0.2) is 53.6 Å². The monoisotopic (exact) mass is 464 g/mol. The van der Waals surface area contributed by atoms with E-state index in [0.29, 0.717) is 25.8 Å². The SMILES string of the molecule is COc1ccccc1/C=N\N1C(=S)SC(C)(C)[C@@H]1N(O)C(=O)Nc1cccc(Cl)c1. The molecule has 3 rings (SSSR count). The maximum Gasteiger partial charge on any atom is 0.347 e. The molecule has 1 saturated heterocycles. The van der Waals surface area contributed by atoms with E-state index in [1.54, 1.807) is 37.6 Å². The van der Waals surface area contributed by atoms with Crippen LogP contribution in [0.4, 0.5) is 10.5 Å². The predicted octanol–water partition coefficient (Wildman–Crippen LogP) is 5.04. The maximum atomic E-state index is 12.7. The summed E-state index contributed by atoms with van der Waals surface area (Å²) in [5.74, 6) is 0.648. The fraction of sp³-hybridized carbons (Fsp3) is 0.250. The number of thiocarbonyl (C=S) groups is 1. The number of methoxy groups -OCH3 is 1. The van der Waals surface area contributed by atoms with E-state index >= 15 is 0 Å². The Hall–Kier alpha value is -2.33. The Morgan fingerprint density at radius 2 is 2.10 bits per heavy atom.